The number of aromatic nitrogens is 1. The molecule has 1 aromatic heterocycles. The van der Waals surface area contributed by atoms with Crippen molar-refractivity contribution in [2.24, 2.45) is 0 Å². The Balaban J connectivity index is 1.97. The number of ether oxygens (including phenoxy) is 1. The van der Waals surface area contributed by atoms with Crippen LogP contribution in [0, 0.1) is 0 Å². The average Bonchev–Trinajstić information content (AvgIpc) is 2.61. The van der Waals surface area contributed by atoms with Crippen LogP contribution < -0.4 is 5.32 Å². The van der Waals surface area contributed by atoms with Gasteiger partial charge < -0.3 is 10.1 Å². The van der Waals surface area contributed by atoms with E-state index in [2.05, 4.69) is 10.3 Å². The molecule has 1 aliphatic carbocycles. The summed E-state index contributed by atoms with van der Waals surface area (Å²) in [4.78, 5) is 6.18. The second kappa shape index (κ2) is 6.21. The van der Waals surface area contributed by atoms with Crippen molar-refractivity contribution in [3.05, 3.63) is 10.6 Å². The smallest absolute Gasteiger partial charge is 0.183 e. The molecule has 0 fully saturated rings. The number of fused-ring (bicyclic) bond motifs is 1. The topological polar surface area (TPSA) is 34.1 Å². The summed E-state index contributed by atoms with van der Waals surface area (Å²) < 4.78 is 5.02. The van der Waals surface area contributed by atoms with Crippen LogP contribution in [0.1, 0.15) is 36.3 Å². The highest BCUT2D eigenvalue weighted by molar-refractivity contribution is 7.15. The van der Waals surface area contributed by atoms with Crippen molar-refractivity contribution in [3.63, 3.8) is 0 Å². The van der Waals surface area contributed by atoms with Crippen LogP contribution in [0.3, 0.4) is 0 Å². The van der Waals surface area contributed by atoms with Crippen LogP contribution in [-0.4, -0.2) is 25.2 Å². The Morgan fingerprint density at radius 2 is 2.06 bits per heavy atom. The van der Waals surface area contributed by atoms with Gasteiger partial charge in [-0.3, -0.25) is 0 Å². The number of rotatable bonds is 4. The molecule has 0 saturated heterocycles. The Morgan fingerprint density at radius 3 is 2.88 bits per heavy atom. The Labute approximate surface area is 101 Å². The fraction of sp³-hybridized carbons (Fsp3) is 0.750. The zero-order valence-electron chi connectivity index (χ0n) is 9.92. The van der Waals surface area contributed by atoms with Crippen LogP contribution >= 0.6 is 11.3 Å². The molecule has 90 valence electrons. The number of thiazole rings is 1. The van der Waals surface area contributed by atoms with Crippen molar-refractivity contribution in [1.29, 1.82) is 0 Å². The number of hydrogen-bond acceptors (Lipinski definition) is 4. The van der Waals surface area contributed by atoms with Crippen LogP contribution in [0.15, 0.2) is 0 Å². The van der Waals surface area contributed by atoms with Crippen molar-refractivity contribution < 1.29 is 4.74 Å². The van der Waals surface area contributed by atoms with E-state index in [1.807, 2.05) is 11.3 Å². The van der Waals surface area contributed by atoms with E-state index in [9.17, 15) is 0 Å². The highest BCUT2D eigenvalue weighted by atomic mass is 32.1. The largest absolute Gasteiger partial charge is 0.383 e. The van der Waals surface area contributed by atoms with E-state index in [1.54, 1.807) is 7.11 Å². The Morgan fingerprint density at radius 1 is 1.25 bits per heavy atom. The molecular weight excluding hydrogens is 220 g/mol. The SMILES string of the molecule is COCCNc1nc2c(s1)CCCCCC2. The maximum absolute atomic E-state index is 5.02. The van der Waals surface area contributed by atoms with Crippen molar-refractivity contribution in [2.45, 2.75) is 38.5 Å². The lowest BCUT2D eigenvalue weighted by Gasteiger charge is -2.06. The van der Waals surface area contributed by atoms with E-state index in [0.717, 1.165) is 24.7 Å². The lowest BCUT2D eigenvalue weighted by Crippen LogP contribution is -2.07. The van der Waals surface area contributed by atoms with Gasteiger partial charge in [0.15, 0.2) is 5.13 Å². The summed E-state index contributed by atoms with van der Waals surface area (Å²) in [6.45, 7) is 1.59. The van der Waals surface area contributed by atoms with Crippen molar-refractivity contribution in [3.8, 4) is 0 Å². The van der Waals surface area contributed by atoms with Crippen LogP contribution in [0.4, 0.5) is 5.13 Å². The highest BCUT2D eigenvalue weighted by Gasteiger charge is 2.12. The molecule has 0 spiro atoms. The molecule has 0 unspecified atom stereocenters. The van der Waals surface area contributed by atoms with Crippen LogP contribution in [0.25, 0.3) is 0 Å². The molecule has 0 radical (unpaired) electrons. The molecule has 2 rings (SSSR count). The minimum absolute atomic E-state index is 0.740. The van der Waals surface area contributed by atoms with Gasteiger partial charge in [-0.25, -0.2) is 4.98 Å². The maximum atomic E-state index is 5.02. The highest BCUT2D eigenvalue weighted by Crippen LogP contribution is 2.28. The molecule has 0 saturated carbocycles. The zero-order chi connectivity index (χ0) is 11.2. The molecule has 0 amide bonds. The van der Waals surface area contributed by atoms with Crippen LogP contribution in [0.2, 0.25) is 0 Å². The van der Waals surface area contributed by atoms with Crippen LogP contribution in [0.5, 0.6) is 0 Å². The molecule has 16 heavy (non-hydrogen) atoms. The predicted octanol–water partition coefficient (Wildman–Crippen LogP) is 2.86. The number of hydrogen-bond donors (Lipinski definition) is 1. The van der Waals surface area contributed by atoms with Gasteiger partial charge in [-0.1, -0.05) is 12.8 Å². The summed E-state index contributed by atoms with van der Waals surface area (Å²) in [5.74, 6) is 0. The molecule has 0 aliphatic heterocycles. The molecular formula is C12H20N2OS. The number of nitrogens with one attached hydrogen (secondary N) is 1. The monoisotopic (exact) mass is 240 g/mol. The Bertz CT molecular complexity index is 299. The van der Waals surface area contributed by atoms with Gasteiger partial charge in [0.05, 0.1) is 12.3 Å². The average molecular weight is 240 g/mol. The normalized spacial score (nSPS) is 16.3. The summed E-state index contributed by atoms with van der Waals surface area (Å²) in [7, 11) is 1.73. The molecule has 3 nitrogen and oxygen atoms in total. The first-order valence-electron chi connectivity index (χ1n) is 6.11. The Hall–Kier alpha value is -0.610. The lowest BCUT2D eigenvalue weighted by molar-refractivity contribution is 0.211. The fourth-order valence-corrected chi connectivity index (χ4v) is 3.12. The van der Waals surface area contributed by atoms with Gasteiger partial charge in [0.2, 0.25) is 0 Å². The Kier molecular flexibility index (Phi) is 4.60. The molecule has 1 aromatic rings. The summed E-state index contributed by atoms with van der Waals surface area (Å²) in [6.07, 6.45) is 7.75. The summed E-state index contributed by atoms with van der Waals surface area (Å²) >= 11 is 1.83. The summed E-state index contributed by atoms with van der Waals surface area (Å²) in [5, 5.41) is 4.40. The number of nitrogens with zero attached hydrogens (tertiary/aromatic N) is 1. The lowest BCUT2D eigenvalue weighted by atomic mass is 10.0. The maximum Gasteiger partial charge on any atom is 0.183 e. The third kappa shape index (κ3) is 3.19. The quantitative estimate of drug-likeness (QED) is 0.822. The molecule has 1 N–H and O–H groups in total. The standard InChI is InChI=1S/C12H20N2OS/c1-15-9-8-13-12-14-10-6-4-2-3-5-7-11(10)16-12/h2-9H2,1H3,(H,13,14). The minimum Gasteiger partial charge on any atom is -0.383 e. The molecule has 1 heterocycles. The van der Waals surface area contributed by atoms with Gasteiger partial charge in [0.25, 0.3) is 0 Å². The van der Waals surface area contributed by atoms with E-state index < -0.39 is 0 Å². The molecule has 1 aliphatic rings. The first kappa shape index (κ1) is 11.9. The van der Waals surface area contributed by atoms with Gasteiger partial charge in [0, 0.05) is 18.5 Å². The third-order valence-electron chi connectivity index (χ3n) is 2.93. The second-order valence-corrected chi connectivity index (χ2v) is 5.31. The van der Waals surface area contributed by atoms with E-state index in [4.69, 9.17) is 4.74 Å². The molecule has 0 bridgehead atoms. The summed E-state index contributed by atoms with van der Waals surface area (Å²) in [6, 6.07) is 0. The minimum atomic E-state index is 0.740. The molecule has 0 atom stereocenters. The van der Waals surface area contributed by atoms with E-state index in [0.29, 0.717) is 0 Å². The molecule has 0 aromatic carbocycles. The van der Waals surface area contributed by atoms with Crippen LogP contribution in [-0.2, 0) is 17.6 Å². The van der Waals surface area contributed by atoms with Gasteiger partial charge in [-0.05, 0) is 25.7 Å². The number of methoxy groups -OCH3 is 1. The van der Waals surface area contributed by atoms with Gasteiger partial charge in [0.1, 0.15) is 0 Å². The van der Waals surface area contributed by atoms with Crippen molar-refractivity contribution >= 4 is 16.5 Å². The number of aryl methyl sites for hydroxylation is 2. The van der Waals surface area contributed by atoms with E-state index in [1.165, 1.54) is 42.7 Å². The molecule has 4 heteroatoms. The van der Waals surface area contributed by atoms with E-state index in [-0.39, 0.29) is 0 Å². The van der Waals surface area contributed by atoms with Gasteiger partial charge in [-0.2, -0.15) is 0 Å². The third-order valence-corrected chi connectivity index (χ3v) is 4.04. The van der Waals surface area contributed by atoms with Crippen molar-refractivity contribution in [1.82, 2.24) is 4.98 Å². The predicted molar refractivity (Wildman–Crippen MR) is 68.4 cm³/mol. The fourth-order valence-electron chi connectivity index (χ4n) is 2.04. The second-order valence-electron chi connectivity index (χ2n) is 4.22. The summed E-state index contributed by atoms with van der Waals surface area (Å²) in [5.41, 5.74) is 1.34. The first-order chi connectivity index (χ1) is 7.90. The first-order valence-corrected chi connectivity index (χ1v) is 6.93. The van der Waals surface area contributed by atoms with E-state index >= 15 is 0 Å². The van der Waals surface area contributed by atoms with Gasteiger partial charge in [-0.15, -0.1) is 11.3 Å². The van der Waals surface area contributed by atoms with Crippen molar-refractivity contribution in [2.75, 3.05) is 25.6 Å². The zero-order valence-corrected chi connectivity index (χ0v) is 10.7. The van der Waals surface area contributed by atoms with Gasteiger partial charge >= 0.3 is 0 Å². The number of anilines is 1.